The number of nitrogens with one attached hydrogen (secondary N) is 1. The lowest BCUT2D eigenvalue weighted by Gasteiger charge is -2.29. The highest BCUT2D eigenvalue weighted by molar-refractivity contribution is 9.10. The maximum atomic E-state index is 12.3. The molecule has 102 valence electrons. The van der Waals surface area contributed by atoms with E-state index in [2.05, 4.69) is 39.4 Å². The summed E-state index contributed by atoms with van der Waals surface area (Å²) < 4.78 is 0.958. The second-order valence-corrected chi connectivity index (χ2v) is 5.80. The minimum atomic E-state index is -0.0439. The van der Waals surface area contributed by atoms with Gasteiger partial charge in [-0.2, -0.15) is 0 Å². The first-order valence-electron chi connectivity index (χ1n) is 6.60. The molecule has 4 heteroatoms. The molecule has 1 heterocycles. The quantitative estimate of drug-likeness (QED) is 0.840. The number of fused-ring (bicyclic) bond motifs is 1. The van der Waals surface area contributed by atoms with Crippen molar-refractivity contribution in [2.45, 2.75) is 13.0 Å². The molecule has 0 saturated heterocycles. The normalized spacial score (nSPS) is 13.8. The van der Waals surface area contributed by atoms with E-state index in [1.54, 1.807) is 0 Å². The number of benzene rings is 2. The van der Waals surface area contributed by atoms with Gasteiger partial charge >= 0.3 is 6.03 Å². The van der Waals surface area contributed by atoms with Crippen LogP contribution in [-0.4, -0.2) is 17.5 Å². The van der Waals surface area contributed by atoms with Gasteiger partial charge in [0.2, 0.25) is 0 Å². The van der Waals surface area contributed by atoms with Crippen molar-refractivity contribution in [3.05, 3.63) is 64.1 Å². The molecule has 1 aliphatic rings. The molecule has 0 atom stereocenters. The van der Waals surface area contributed by atoms with Gasteiger partial charge in [-0.05, 0) is 35.7 Å². The Bertz CT molecular complexity index is 642. The van der Waals surface area contributed by atoms with Gasteiger partial charge in [0.1, 0.15) is 0 Å². The van der Waals surface area contributed by atoms with Crippen molar-refractivity contribution in [1.29, 1.82) is 0 Å². The molecule has 0 aromatic heterocycles. The van der Waals surface area contributed by atoms with Crippen molar-refractivity contribution in [2.24, 2.45) is 0 Å². The largest absolute Gasteiger partial charge is 0.322 e. The molecule has 0 aliphatic carbocycles. The molecule has 0 radical (unpaired) electrons. The van der Waals surface area contributed by atoms with E-state index in [4.69, 9.17) is 0 Å². The fourth-order valence-electron chi connectivity index (χ4n) is 2.44. The minimum absolute atomic E-state index is 0.0439. The average molecular weight is 331 g/mol. The van der Waals surface area contributed by atoms with Gasteiger partial charge in [0.25, 0.3) is 0 Å². The Labute approximate surface area is 126 Å². The van der Waals surface area contributed by atoms with Crippen LogP contribution < -0.4 is 5.32 Å². The standard InChI is InChI=1S/C16H15BrN2O/c17-14-6-3-7-15(10-14)18-16(20)19-9-8-12-4-1-2-5-13(12)11-19/h1-7,10H,8-9,11H2,(H,18,20). The first-order chi connectivity index (χ1) is 9.72. The summed E-state index contributed by atoms with van der Waals surface area (Å²) in [5.41, 5.74) is 3.39. The molecular formula is C16H15BrN2O. The SMILES string of the molecule is O=C(Nc1cccc(Br)c1)N1CCc2ccccc2C1. The molecule has 1 N–H and O–H groups in total. The fourth-order valence-corrected chi connectivity index (χ4v) is 2.84. The summed E-state index contributed by atoms with van der Waals surface area (Å²) in [7, 11) is 0. The number of anilines is 1. The molecule has 0 bridgehead atoms. The second-order valence-electron chi connectivity index (χ2n) is 4.88. The molecule has 0 fully saturated rings. The summed E-state index contributed by atoms with van der Waals surface area (Å²) in [4.78, 5) is 14.1. The minimum Gasteiger partial charge on any atom is -0.320 e. The van der Waals surface area contributed by atoms with E-state index in [-0.39, 0.29) is 6.03 Å². The average Bonchev–Trinajstić information content (AvgIpc) is 2.47. The van der Waals surface area contributed by atoms with E-state index in [0.717, 1.165) is 23.1 Å². The lowest BCUT2D eigenvalue weighted by molar-refractivity contribution is 0.206. The van der Waals surface area contributed by atoms with Gasteiger partial charge in [-0.1, -0.05) is 46.3 Å². The summed E-state index contributed by atoms with van der Waals surface area (Å²) >= 11 is 3.40. The summed E-state index contributed by atoms with van der Waals surface area (Å²) in [5.74, 6) is 0. The summed E-state index contributed by atoms with van der Waals surface area (Å²) in [6.45, 7) is 1.44. The van der Waals surface area contributed by atoms with Gasteiger partial charge in [0.05, 0.1) is 0 Å². The maximum Gasteiger partial charge on any atom is 0.322 e. The Balaban J connectivity index is 1.70. The summed E-state index contributed by atoms with van der Waals surface area (Å²) in [6, 6.07) is 15.9. The molecule has 1 aliphatic heterocycles. The predicted molar refractivity (Wildman–Crippen MR) is 83.7 cm³/mol. The Hall–Kier alpha value is -1.81. The molecule has 3 rings (SSSR count). The zero-order valence-corrected chi connectivity index (χ0v) is 12.6. The van der Waals surface area contributed by atoms with Gasteiger partial charge in [-0.3, -0.25) is 0 Å². The lowest BCUT2D eigenvalue weighted by Crippen LogP contribution is -2.38. The maximum absolute atomic E-state index is 12.3. The predicted octanol–water partition coefficient (Wildman–Crippen LogP) is 4.04. The number of carbonyl (C=O) groups is 1. The van der Waals surface area contributed by atoms with Crippen molar-refractivity contribution in [1.82, 2.24) is 4.90 Å². The van der Waals surface area contributed by atoms with Crippen molar-refractivity contribution in [3.8, 4) is 0 Å². The van der Waals surface area contributed by atoms with Crippen LogP contribution in [0.1, 0.15) is 11.1 Å². The van der Waals surface area contributed by atoms with Crippen molar-refractivity contribution < 1.29 is 4.79 Å². The molecule has 0 saturated carbocycles. The smallest absolute Gasteiger partial charge is 0.320 e. The third-order valence-corrected chi connectivity index (χ3v) is 3.99. The van der Waals surface area contributed by atoms with Gasteiger partial charge in [0.15, 0.2) is 0 Å². The first kappa shape index (κ1) is 13.2. The number of urea groups is 1. The van der Waals surface area contributed by atoms with Crippen LogP contribution in [-0.2, 0) is 13.0 Å². The molecule has 2 amide bonds. The van der Waals surface area contributed by atoms with Crippen LogP contribution in [0.5, 0.6) is 0 Å². The molecular weight excluding hydrogens is 316 g/mol. The third kappa shape index (κ3) is 2.85. The number of amides is 2. The van der Waals surface area contributed by atoms with E-state index in [1.807, 2.05) is 35.2 Å². The van der Waals surface area contributed by atoms with E-state index >= 15 is 0 Å². The number of carbonyl (C=O) groups excluding carboxylic acids is 1. The molecule has 2 aromatic carbocycles. The van der Waals surface area contributed by atoms with Crippen LogP contribution in [0.3, 0.4) is 0 Å². The number of hydrogen-bond acceptors (Lipinski definition) is 1. The van der Waals surface area contributed by atoms with Crippen LogP contribution in [0.2, 0.25) is 0 Å². The summed E-state index contributed by atoms with van der Waals surface area (Å²) in [5, 5.41) is 2.94. The highest BCUT2D eigenvalue weighted by Gasteiger charge is 2.20. The van der Waals surface area contributed by atoms with Crippen molar-refractivity contribution in [2.75, 3.05) is 11.9 Å². The Morgan fingerprint density at radius 2 is 1.90 bits per heavy atom. The molecule has 20 heavy (non-hydrogen) atoms. The number of hydrogen-bond donors (Lipinski definition) is 1. The zero-order chi connectivity index (χ0) is 13.9. The van der Waals surface area contributed by atoms with Gasteiger partial charge in [-0.25, -0.2) is 4.79 Å². The highest BCUT2D eigenvalue weighted by Crippen LogP contribution is 2.20. The van der Waals surface area contributed by atoms with Gasteiger partial charge in [0, 0.05) is 23.2 Å². The van der Waals surface area contributed by atoms with E-state index in [1.165, 1.54) is 11.1 Å². The van der Waals surface area contributed by atoms with Crippen LogP contribution in [0.15, 0.2) is 53.0 Å². The second kappa shape index (κ2) is 5.67. The highest BCUT2D eigenvalue weighted by atomic mass is 79.9. The van der Waals surface area contributed by atoms with Crippen LogP contribution in [0, 0.1) is 0 Å². The Morgan fingerprint density at radius 1 is 1.10 bits per heavy atom. The number of halogens is 1. The number of nitrogens with zero attached hydrogens (tertiary/aromatic N) is 1. The third-order valence-electron chi connectivity index (χ3n) is 3.49. The number of rotatable bonds is 1. The van der Waals surface area contributed by atoms with E-state index in [9.17, 15) is 4.79 Å². The molecule has 0 unspecified atom stereocenters. The first-order valence-corrected chi connectivity index (χ1v) is 7.40. The van der Waals surface area contributed by atoms with Gasteiger partial charge in [-0.15, -0.1) is 0 Å². The fraction of sp³-hybridized carbons (Fsp3) is 0.188. The zero-order valence-electron chi connectivity index (χ0n) is 11.0. The Kier molecular flexibility index (Phi) is 3.74. The van der Waals surface area contributed by atoms with Crippen molar-refractivity contribution >= 4 is 27.6 Å². The lowest BCUT2D eigenvalue weighted by atomic mass is 10.0. The van der Waals surface area contributed by atoms with Crippen LogP contribution >= 0.6 is 15.9 Å². The Morgan fingerprint density at radius 3 is 2.70 bits per heavy atom. The van der Waals surface area contributed by atoms with Crippen LogP contribution in [0.25, 0.3) is 0 Å². The van der Waals surface area contributed by atoms with E-state index < -0.39 is 0 Å². The van der Waals surface area contributed by atoms with Gasteiger partial charge < -0.3 is 10.2 Å². The van der Waals surface area contributed by atoms with E-state index in [0.29, 0.717) is 6.54 Å². The molecule has 3 nitrogen and oxygen atoms in total. The monoisotopic (exact) mass is 330 g/mol. The molecule has 0 spiro atoms. The van der Waals surface area contributed by atoms with Crippen molar-refractivity contribution in [3.63, 3.8) is 0 Å². The topological polar surface area (TPSA) is 32.3 Å². The summed E-state index contributed by atoms with van der Waals surface area (Å²) in [6.07, 6.45) is 0.919. The van der Waals surface area contributed by atoms with Crippen LogP contribution in [0.4, 0.5) is 10.5 Å². The molecule has 2 aromatic rings.